The van der Waals surface area contributed by atoms with E-state index in [1.54, 1.807) is 0 Å². The van der Waals surface area contributed by atoms with E-state index >= 15 is 0 Å². The Morgan fingerprint density at radius 2 is 2.24 bits per heavy atom. The van der Waals surface area contributed by atoms with E-state index in [1.807, 2.05) is 23.4 Å². The molecule has 0 saturated carbocycles. The van der Waals surface area contributed by atoms with Gasteiger partial charge in [0.25, 0.3) is 0 Å². The Bertz CT molecular complexity index is 366. The third-order valence-corrected chi connectivity index (χ3v) is 3.40. The summed E-state index contributed by atoms with van der Waals surface area (Å²) in [5, 5.41) is 7.90. The molecule has 0 aromatic carbocycles. The summed E-state index contributed by atoms with van der Waals surface area (Å²) in [6, 6.07) is 0. The van der Waals surface area contributed by atoms with Crippen LogP contribution in [0, 0.1) is 0 Å². The van der Waals surface area contributed by atoms with Gasteiger partial charge >= 0.3 is 5.97 Å². The van der Waals surface area contributed by atoms with Crippen molar-refractivity contribution in [2.75, 3.05) is 18.6 Å². The molecule has 96 valence electrons. The molecule has 0 radical (unpaired) electrons. The van der Waals surface area contributed by atoms with Crippen LogP contribution >= 0.6 is 11.8 Å². The van der Waals surface area contributed by atoms with Gasteiger partial charge < -0.3 is 4.74 Å². The molecular weight excluding hydrogens is 238 g/mol. The summed E-state index contributed by atoms with van der Waals surface area (Å²) in [6.45, 7) is 4.94. The van der Waals surface area contributed by atoms with Crippen LogP contribution in [0.1, 0.15) is 36.5 Å². The Morgan fingerprint density at radius 3 is 2.82 bits per heavy atom. The lowest BCUT2D eigenvalue weighted by atomic mass is 10.2. The normalized spacial score (nSPS) is 10.5. The number of thioether (sulfide) groups is 1. The van der Waals surface area contributed by atoms with Crippen molar-refractivity contribution in [1.29, 1.82) is 0 Å². The second-order valence-corrected chi connectivity index (χ2v) is 4.90. The van der Waals surface area contributed by atoms with Gasteiger partial charge in [-0.05, 0) is 24.3 Å². The Hall–Kier alpha value is -1.04. The first-order valence-corrected chi connectivity index (χ1v) is 6.98. The van der Waals surface area contributed by atoms with E-state index in [0.717, 1.165) is 36.6 Å². The number of nitrogens with zero attached hydrogens (tertiary/aromatic N) is 3. The SMILES string of the molecule is CCSCCCn1nnc(C(=O)OC)c1CC. The van der Waals surface area contributed by atoms with Gasteiger partial charge in [0.05, 0.1) is 12.8 Å². The van der Waals surface area contributed by atoms with Crippen molar-refractivity contribution in [3.8, 4) is 0 Å². The number of esters is 1. The molecule has 0 aliphatic heterocycles. The molecule has 0 saturated heterocycles. The number of carbonyl (C=O) groups excluding carboxylic acids is 1. The molecule has 6 heteroatoms. The highest BCUT2D eigenvalue weighted by Gasteiger charge is 2.18. The lowest BCUT2D eigenvalue weighted by molar-refractivity contribution is 0.0592. The lowest BCUT2D eigenvalue weighted by Gasteiger charge is -2.05. The Kier molecular flexibility index (Phi) is 6.04. The molecule has 0 bridgehead atoms. The number of ether oxygens (including phenoxy) is 1. The van der Waals surface area contributed by atoms with E-state index in [2.05, 4.69) is 22.0 Å². The van der Waals surface area contributed by atoms with Gasteiger partial charge in [0.1, 0.15) is 0 Å². The van der Waals surface area contributed by atoms with Crippen LogP contribution in [0.15, 0.2) is 0 Å². The van der Waals surface area contributed by atoms with Crippen molar-refractivity contribution in [1.82, 2.24) is 15.0 Å². The summed E-state index contributed by atoms with van der Waals surface area (Å²) in [6.07, 6.45) is 1.77. The fourth-order valence-corrected chi connectivity index (χ4v) is 2.20. The summed E-state index contributed by atoms with van der Waals surface area (Å²) in [7, 11) is 1.36. The van der Waals surface area contributed by atoms with E-state index in [-0.39, 0.29) is 0 Å². The van der Waals surface area contributed by atoms with Crippen molar-refractivity contribution in [3.05, 3.63) is 11.4 Å². The lowest BCUT2D eigenvalue weighted by Crippen LogP contribution is -2.09. The van der Waals surface area contributed by atoms with Crippen molar-refractivity contribution in [3.63, 3.8) is 0 Å². The van der Waals surface area contributed by atoms with E-state index < -0.39 is 5.97 Å². The topological polar surface area (TPSA) is 57.0 Å². The molecule has 1 aromatic heterocycles. The van der Waals surface area contributed by atoms with E-state index in [9.17, 15) is 4.79 Å². The van der Waals surface area contributed by atoms with Gasteiger partial charge in [-0.2, -0.15) is 11.8 Å². The number of carbonyl (C=O) groups is 1. The maximum atomic E-state index is 11.4. The first kappa shape index (κ1) is 14.0. The Labute approximate surface area is 106 Å². The Balaban J connectivity index is 2.66. The fourth-order valence-electron chi connectivity index (χ4n) is 1.58. The summed E-state index contributed by atoms with van der Waals surface area (Å²) < 4.78 is 6.48. The standard InChI is InChI=1S/C11H19N3O2S/c1-4-9-10(11(15)16-3)12-13-14(9)7-6-8-17-5-2/h4-8H2,1-3H3. The van der Waals surface area contributed by atoms with Crippen LogP contribution in [0.2, 0.25) is 0 Å². The van der Waals surface area contributed by atoms with Gasteiger partial charge in [-0.15, -0.1) is 5.10 Å². The molecule has 0 amide bonds. The summed E-state index contributed by atoms with van der Waals surface area (Å²) >= 11 is 1.91. The highest BCUT2D eigenvalue weighted by molar-refractivity contribution is 7.99. The van der Waals surface area contributed by atoms with Crippen molar-refractivity contribution >= 4 is 17.7 Å². The molecule has 0 N–H and O–H groups in total. The highest BCUT2D eigenvalue weighted by Crippen LogP contribution is 2.10. The molecule has 0 aliphatic rings. The molecule has 1 aromatic rings. The van der Waals surface area contributed by atoms with Crippen LogP contribution in [0.4, 0.5) is 0 Å². The van der Waals surface area contributed by atoms with E-state index in [4.69, 9.17) is 0 Å². The van der Waals surface area contributed by atoms with Gasteiger partial charge in [-0.1, -0.05) is 19.1 Å². The van der Waals surface area contributed by atoms with Gasteiger partial charge in [0.15, 0.2) is 5.69 Å². The minimum Gasteiger partial charge on any atom is -0.464 e. The number of aromatic nitrogens is 3. The van der Waals surface area contributed by atoms with Gasteiger partial charge in [0.2, 0.25) is 0 Å². The monoisotopic (exact) mass is 257 g/mol. The molecule has 0 atom stereocenters. The quantitative estimate of drug-likeness (QED) is 0.550. The molecule has 0 aliphatic carbocycles. The van der Waals surface area contributed by atoms with Crippen LogP contribution in [0.5, 0.6) is 0 Å². The number of methoxy groups -OCH3 is 1. The molecular formula is C11H19N3O2S. The first-order chi connectivity index (χ1) is 8.24. The zero-order chi connectivity index (χ0) is 12.7. The molecule has 5 nitrogen and oxygen atoms in total. The second-order valence-electron chi connectivity index (χ2n) is 3.50. The van der Waals surface area contributed by atoms with Crippen LogP contribution in [-0.4, -0.2) is 39.6 Å². The third kappa shape index (κ3) is 3.73. The summed E-state index contributed by atoms with van der Waals surface area (Å²) in [5.41, 5.74) is 1.21. The van der Waals surface area contributed by atoms with Crippen LogP contribution in [0.3, 0.4) is 0 Å². The number of hydrogen-bond donors (Lipinski definition) is 0. The molecule has 0 fully saturated rings. The maximum absolute atomic E-state index is 11.4. The Morgan fingerprint density at radius 1 is 1.47 bits per heavy atom. The third-order valence-electron chi connectivity index (χ3n) is 2.41. The predicted octanol–water partition coefficient (Wildman–Crippen LogP) is 1.77. The minimum absolute atomic E-state index is 0.346. The second kappa shape index (κ2) is 7.32. The van der Waals surface area contributed by atoms with Crippen molar-refractivity contribution in [2.24, 2.45) is 0 Å². The first-order valence-electron chi connectivity index (χ1n) is 5.83. The molecule has 1 heterocycles. The zero-order valence-electron chi connectivity index (χ0n) is 10.6. The number of aryl methyl sites for hydroxylation is 1. The molecule has 0 spiro atoms. The van der Waals surface area contributed by atoms with E-state index in [0.29, 0.717) is 5.69 Å². The van der Waals surface area contributed by atoms with Crippen LogP contribution < -0.4 is 0 Å². The molecule has 17 heavy (non-hydrogen) atoms. The van der Waals surface area contributed by atoms with E-state index in [1.165, 1.54) is 7.11 Å². The molecule has 0 unspecified atom stereocenters. The van der Waals surface area contributed by atoms with Crippen LogP contribution in [-0.2, 0) is 17.7 Å². The van der Waals surface area contributed by atoms with Gasteiger partial charge in [-0.25, -0.2) is 9.48 Å². The summed E-state index contributed by atoms with van der Waals surface area (Å²) in [4.78, 5) is 11.4. The van der Waals surface area contributed by atoms with Crippen molar-refractivity contribution < 1.29 is 9.53 Å². The van der Waals surface area contributed by atoms with Gasteiger partial charge in [0, 0.05) is 6.54 Å². The summed E-state index contributed by atoms with van der Waals surface area (Å²) in [5.74, 6) is 1.83. The minimum atomic E-state index is -0.406. The zero-order valence-corrected chi connectivity index (χ0v) is 11.4. The maximum Gasteiger partial charge on any atom is 0.360 e. The number of hydrogen-bond acceptors (Lipinski definition) is 5. The average molecular weight is 257 g/mol. The smallest absolute Gasteiger partial charge is 0.360 e. The fraction of sp³-hybridized carbons (Fsp3) is 0.727. The highest BCUT2D eigenvalue weighted by atomic mass is 32.2. The van der Waals surface area contributed by atoms with Crippen molar-refractivity contribution in [2.45, 2.75) is 33.2 Å². The number of rotatable bonds is 7. The van der Waals surface area contributed by atoms with Crippen LogP contribution in [0.25, 0.3) is 0 Å². The largest absolute Gasteiger partial charge is 0.464 e. The predicted molar refractivity (Wildman–Crippen MR) is 68.4 cm³/mol. The average Bonchev–Trinajstić information content (AvgIpc) is 2.76. The van der Waals surface area contributed by atoms with Gasteiger partial charge in [-0.3, -0.25) is 0 Å². The molecule has 1 rings (SSSR count).